The summed E-state index contributed by atoms with van der Waals surface area (Å²) in [5, 5.41) is 16.5. The molecule has 196 valence electrons. The van der Waals surface area contributed by atoms with E-state index in [4.69, 9.17) is 11.6 Å². The Hall–Kier alpha value is -3.94. The van der Waals surface area contributed by atoms with Gasteiger partial charge in [0.2, 0.25) is 11.9 Å². The van der Waals surface area contributed by atoms with Crippen molar-refractivity contribution in [3.8, 4) is 0 Å². The van der Waals surface area contributed by atoms with Crippen molar-refractivity contribution in [3.05, 3.63) is 63.8 Å². The Kier molecular flexibility index (Phi) is 7.58. The number of rotatable bonds is 7. The maximum atomic E-state index is 12.8. The van der Waals surface area contributed by atoms with E-state index in [-0.39, 0.29) is 12.5 Å². The quantitative estimate of drug-likeness (QED) is 0.310. The lowest BCUT2D eigenvalue weighted by Gasteiger charge is -2.36. The first-order valence-corrected chi connectivity index (χ1v) is 13.0. The van der Waals surface area contributed by atoms with E-state index in [1.807, 2.05) is 19.1 Å². The Morgan fingerprint density at radius 1 is 1.08 bits per heavy atom. The van der Waals surface area contributed by atoms with Crippen molar-refractivity contribution < 1.29 is 9.90 Å². The molecule has 3 aromatic heterocycles. The molecule has 1 saturated heterocycles. The van der Waals surface area contributed by atoms with Crippen molar-refractivity contribution in [2.45, 2.75) is 20.5 Å². The van der Waals surface area contributed by atoms with E-state index in [1.165, 1.54) is 23.9 Å². The number of anilines is 5. The molecule has 1 amide bonds. The number of carbonyl (C=O) groups is 1. The Morgan fingerprint density at radius 2 is 1.87 bits per heavy atom. The van der Waals surface area contributed by atoms with Crippen LogP contribution in [0.5, 0.6) is 0 Å². The number of nitrogens with zero attached hydrogens (tertiary/aromatic N) is 8. The molecule has 38 heavy (non-hydrogen) atoms. The number of halogens is 1. The fourth-order valence-electron chi connectivity index (χ4n) is 4.03. The number of hydrogen-bond acceptors (Lipinski definition) is 12. The third-order valence-corrected chi connectivity index (χ3v) is 7.17. The van der Waals surface area contributed by atoms with Gasteiger partial charge in [0.25, 0.3) is 5.91 Å². The summed E-state index contributed by atoms with van der Waals surface area (Å²) in [5.41, 5.74) is 2.14. The van der Waals surface area contributed by atoms with Gasteiger partial charge in [-0.25, -0.2) is 15.0 Å². The van der Waals surface area contributed by atoms with Crippen LogP contribution in [-0.4, -0.2) is 67.1 Å². The number of amides is 1. The van der Waals surface area contributed by atoms with Gasteiger partial charge in [0.05, 0.1) is 23.5 Å². The number of aliphatic hydroxyl groups is 1. The molecule has 1 aliphatic heterocycles. The second kappa shape index (κ2) is 11.2. The van der Waals surface area contributed by atoms with Crippen LogP contribution in [-0.2, 0) is 6.61 Å². The minimum absolute atomic E-state index is 0.113. The van der Waals surface area contributed by atoms with Crippen molar-refractivity contribution in [1.82, 2.24) is 29.9 Å². The monoisotopic (exact) mass is 552 g/mol. The molecule has 4 aromatic rings. The first-order chi connectivity index (χ1) is 18.4. The van der Waals surface area contributed by atoms with Gasteiger partial charge in [-0.05, 0) is 25.5 Å². The molecule has 0 radical (unpaired) electrons. The van der Waals surface area contributed by atoms with Crippen molar-refractivity contribution >= 4 is 57.4 Å². The largest absolute Gasteiger partial charge is 0.391 e. The van der Waals surface area contributed by atoms with Crippen LogP contribution < -0.4 is 20.4 Å². The highest BCUT2D eigenvalue weighted by atomic mass is 35.5. The number of aliphatic hydroxyl groups excluding tert-OH is 1. The van der Waals surface area contributed by atoms with Gasteiger partial charge in [0, 0.05) is 37.9 Å². The van der Waals surface area contributed by atoms with Crippen LogP contribution in [0, 0.1) is 13.8 Å². The van der Waals surface area contributed by atoms with E-state index in [2.05, 4.69) is 50.3 Å². The smallest absolute Gasteiger partial charge is 0.267 e. The number of piperazine rings is 1. The average Bonchev–Trinajstić information content (AvgIpc) is 3.39. The summed E-state index contributed by atoms with van der Waals surface area (Å²) >= 11 is 7.42. The lowest BCUT2D eigenvalue weighted by Crippen LogP contribution is -2.47. The van der Waals surface area contributed by atoms with Gasteiger partial charge in [-0.15, -0.1) is 0 Å². The molecule has 1 fully saturated rings. The molecule has 12 nitrogen and oxygen atoms in total. The van der Waals surface area contributed by atoms with Crippen LogP contribution in [0.25, 0.3) is 0 Å². The van der Waals surface area contributed by atoms with Gasteiger partial charge in [-0.1, -0.05) is 35.1 Å². The zero-order valence-corrected chi connectivity index (χ0v) is 22.3. The number of benzene rings is 1. The molecule has 0 unspecified atom stereocenters. The number of para-hydroxylation sites is 1. The van der Waals surface area contributed by atoms with E-state index in [1.54, 1.807) is 19.2 Å². The summed E-state index contributed by atoms with van der Waals surface area (Å²) < 4.78 is 0. The van der Waals surface area contributed by atoms with E-state index >= 15 is 0 Å². The maximum absolute atomic E-state index is 12.8. The first-order valence-electron chi connectivity index (χ1n) is 11.8. The summed E-state index contributed by atoms with van der Waals surface area (Å²) in [6.45, 7) is 6.28. The fraction of sp³-hybridized carbons (Fsp3) is 0.292. The Balaban J connectivity index is 1.25. The van der Waals surface area contributed by atoms with Gasteiger partial charge in [-0.2, -0.15) is 15.0 Å². The zero-order chi connectivity index (χ0) is 26.6. The molecule has 1 aromatic carbocycles. The van der Waals surface area contributed by atoms with Crippen LogP contribution in [0.2, 0.25) is 5.02 Å². The van der Waals surface area contributed by atoms with E-state index in [0.29, 0.717) is 70.2 Å². The number of nitrogens with one attached hydrogen (secondary N) is 2. The fourth-order valence-corrected chi connectivity index (χ4v) is 5.00. The molecule has 0 saturated carbocycles. The lowest BCUT2D eigenvalue weighted by atomic mass is 10.2. The number of aromatic nitrogens is 6. The highest BCUT2D eigenvalue weighted by molar-refractivity contribution is 7.17. The van der Waals surface area contributed by atoms with Gasteiger partial charge in [0.15, 0.2) is 5.13 Å². The van der Waals surface area contributed by atoms with Crippen molar-refractivity contribution in [1.29, 1.82) is 0 Å². The third-order valence-electron chi connectivity index (χ3n) is 5.94. The molecular formula is C24H25ClN10O2S. The summed E-state index contributed by atoms with van der Waals surface area (Å²) in [6, 6.07) is 5.44. The molecule has 0 aliphatic carbocycles. The number of hydrogen-bond donors (Lipinski definition) is 3. The molecule has 0 spiro atoms. The average molecular weight is 553 g/mol. The lowest BCUT2D eigenvalue weighted by molar-refractivity contribution is 0.103. The van der Waals surface area contributed by atoms with Crippen molar-refractivity contribution in [2.24, 2.45) is 0 Å². The normalized spacial score (nSPS) is 13.5. The maximum Gasteiger partial charge on any atom is 0.267 e. The SMILES string of the molecule is Cc1nc(Nc2ncc(C(=O)Nc3c(C)cccc3Cl)s2)nc(N2CCN(c3ncncc3CO)CC2)n1. The van der Waals surface area contributed by atoms with Gasteiger partial charge in [-0.3, -0.25) is 10.1 Å². The standard InChI is InChI=1S/C24H25ClN10O2S/c1-14-4-3-5-17(25)19(14)31-21(37)18-11-27-24(38-18)33-22-29-15(2)30-23(32-22)35-8-6-34(7-9-35)20-16(12-36)10-26-13-28-20/h3-5,10-11,13,36H,6-9,12H2,1-2H3,(H,31,37)(H,27,29,30,32,33). The summed E-state index contributed by atoms with van der Waals surface area (Å²) in [4.78, 5) is 43.5. The topological polar surface area (TPSA) is 145 Å². The minimum atomic E-state index is -0.301. The molecule has 14 heteroatoms. The van der Waals surface area contributed by atoms with E-state index < -0.39 is 0 Å². The summed E-state index contributed by atoms with van der Waals surface area (Å²) in [6.07, 6.45) is 4.61. The molecule has 5 rings (SSSR count). The number of carbonyl (C=O) groups excluding carboxylic acids is 1. The van der Waals surface area contributed by atoms with Crippen molar-refractivity contribution in [2.75, 3.05) is 46.6 Å². The number of aryl methyl sites for hydroxylation is 2. The minimum Gasteiger partial charge on any atom is -0.391 e. The molecule has 3 N–H and O–H groups in total. The van der Waals surface area contributed by atoms with Crippen LogP contribution >= 0.6 is 22.9 Å². The second-order valence-electron chi connectivity index (χ2n) is 8.55. The highest BCUT2D eigenvalue weighted by Gasteiger charge is 2.23. The number of thiazole rings is 1. The van der Waals surface area contributed by atoms with Crippen molar-refractivity contribution in [3.63, 3.8) is 0 Å². The molecule has 1 aliphatic rings. The summed E-state index contributed by atoms with van der Waals surface area (Å²) in [7, 11) is 0. The Labute approximate surface area is 227 Å². The molecule has 0 atom stereocenters. The van der Waals surface area contributed by atoms with Gasteiger partial charge >= 0.3 is 0 Å². The third kappa shape index (κ3) is 5.64. The van der Waals surface area contributed by atoms with Gasteiger partial charge < -0.3 is 20.2 Å². The second-order valence-corrected chi connectivity index (χ2v) is 9.99. The van der Waals surface area contributed by atoms with E-state index in [0.717, 1.165) is 11.4 Å². The Bertz CT molecular complexity index is 1440. The molecule has 0 bridgehead atoms. The predicted octanol–water partition coefficient (Wildman–Crippen LogP) is 3.20. The molecular weight excluding hydrogens is 528 g/mol. The highest BCUT2D eigenvalue weighted by Crippen LogP contribution is 2.28. The van der Waals surface area contributed by atoms with Crippen LogP contribution in [0.3, 0.4) is 0 Å². The van der Waals surface area contributed by atoms with Crippen LogP contribution in [0.15, 0.2) is 36.9 Å². The zero-order valence-electron chi connectivity index (χ0n) is 20.7. The molecule has 4 heterocycles. The summed E-state index contributed by atoms with van der Waals surface area (Å²) in [5.74, 6) is 1.89. The van der Waals surface area contributed by atoms with Gasteiger partial charge in [0.1, 0.15) is 22.8 Å². The predicted molar refractivity (Wildman–Crippen MR) is 146 cm³/mol. The van der Waals surface area contributed by atoms with Crippen LogP contribution in [0.4, 0.5) is 28.5 Å². The van der Waals surface area contributed by atoms with E-state index in [9.17, 15) is 9.90 Å². The Morgan fingerprint density at radius 3 is 2.63 bits per heavy atom. The first kappa shape index (κ1) is 25.7. The van der Waals surface area contributed by atoms with Crippen LogP contribution in [0.1, 0.15) is 26.6 Å².